The lowest BCUT2D eigenvalue weighted by atomic mass is 9.81. The van der Waals surface area contributed by atoms with Gasteiger partial charge < -0.3 is 0 Å². The Labute approximate surface area is 164 Å². The molecule has 2 heteroatoms. The van der Waals surface area contributed by atoms with E-state index in [0.717, 1.165) is 11.0 Å². The average Bonchev–Trinajstić information content (AvgIpc) is 3.26. The van der Waals surface area contributed by atoms with E-state index >= 15 is 0 Å². The number of fused-ring (bicyclic) bond motifs is 6. The molecule has 0 saturated heterocycles. The van der Waals surface area contributed by atoms with E-state index in [2.05, 4.69) is 97.2 Å². The lowest BCUT2D eigenvalue weighted by Crippen LogP contribution is -2.14. The Morgan fingerprint density at radius 1 is 0.679 bits per heavy atom. The zero-order valence-electron chi connectivity index (χ0n) is 16.0. The summed E-state index contributed by atoms with van der Waals surface area (Å²) < 4.78 is 2.05. The Balaban J connectivity index is 1.58. The molecular formula is C26H20N2. The highest BCUT2D eigenvalue weighted by Gasteiger charge is 2.35. The van der Waals surface area contributed by atoms with Gasteiger partial charge in [-0.1, -0.05) is 74.5 Å². The molecule has 0 N–H and O–H groups in total. The van der Waals surface area contributed by atoms with Crippen LogP contribution in [0.5, 0.6) is 0 Å². The van der Waals surface area contributed by atoms with Gasteiger partial charge in [-0.15, -0.1) is 0 Å². The molecule has 6 rings (SSSR count). The summed E-state index contributed by atoms with van der Waals surface area (Å²) in [5.41, 5.74) is 10.2. The molecule has 2 nitrogen and oxygen atoms in total. The first-order valence-corrected chi connectivity index (χ1v) is 9.75. The van der Waals surface area contributed by atoms with Gasteiger partial charge in [0.05, 0.1) is 17.2 Å². The number of nitrogens with zero attached hydrogens (tertiary/aromatic N) is 2. The molecule has 0 atom stereocenters. The molecule has 1 aliphatic rings. The van der Waals surface area contributed by atoms with E-state index in [1.165, 1.54) is 38.8 Å². The highest BCUT2D eigenvalue weighted by Crippen LogP contribution is 2.49. The third-order valence-corrected chi connectivity index (χ3v) is 6.29. The van der Waals surface area contributed by atoms with Gasteiger partial charge in [-0.2, -0.15) is 5.10 Å². The first-order valence-electron chi connectivity index (χ1n) is 9.75. The van der Waals surface area contributed by atoms with Gasteiger partial charge >= 0.3 is 0 Å². The quantitative estimate of drug-likeness (QED) is 0.335. The molecule has 0 unspecified atom stereocenters. The number of pyridine rings is 1. The number of hydrogen-bond donors (Lipinski definition) is 0. The van der Waals surface area contributed by atoms with Gasteiger partial charge in [0, 0.05) is 16.4 Å². The Hall–Kier alpha value is -3.39. The van der Waals surface area contributed by atoms with Gasteiger partial charge in [0.15, 0.2) is 0 Å². The zero-order valence-corrected chi connectivity index (χ0v) is 16.0. The average molecular weight is 360 g/mol. The largest absolute Gasteiger partial charge is 0.232 e. The summed E-state index contributed by atoms with van der Waals surface area (Å²) in [5, 5.41) is 5.91. The summed E-state index contributed by atoms with van der Waals surface area (Å²) in [6.45, 7) is 4.65. The Bertz CT molecular complexity index is 1390. The van der Waals surface area contributed by atoms with Crippen molar-refractivity contribution < 1.29 is 0 Å². The summed E-state index contributed by atoms with van der Waals surface area (Å²) in [5.74, 6) is 0. The van der Waals surface area contributed by atoms with Crippen LogP contribution in [0.1, 0.15) is 25.0 Å². The Morgan fingerprint density at radius 2 is 1.46 bits per heavy atom. The fourth-order valence-corrected chi connectivity index (χ4v) is 4.79. The maximum absolute atomic E-state index is 4.71. The van der Waals surface area contributed by atoms with Crippen LogP contribution in [0, 0.1) is 0 Å². The standard InChI is InChI=1S/C26H20N2/c1-26(2)22-9-5-4-8-19(22)20-13-11-18(15-23(20)26)21-16-27-28-24-10-6-3-7-17(24)12-14-25(21)28/h3-16H,1-2H3. The molecule has 134 valence electrons. The van der Waals surface area contributed by atoms with Gasteiger partial charge in [0.1, 0.15) is 0 Å². The minimum atomic E-state index is 0.0115. The summed E-state index contributed by atoms with van der Waals surface area (Å²) >= 11 is 0. The molecule has 0 aliphatic heterocycles. The van der Waals surface area contributed by atoms with Crippen LogP contribution < -0.4 is 0 Å². The van der Waals surface area contributed by atoms with Gasteiger partial charge in [-0.25, -0.2) is 4.52 Å². The molecule has 0 fully saturated rings. The number of rotatable bonds is 1. The predicted molar refractivity (Wildman–Crippen MR) is 116 cm³/mol. The molecular weight excluding hydrogens is 340 g/mol. The molecule has 2 heterocycles. The number of benzene rings is 3. The molecule has 3 aromatic carbocycles. The molecule has 28 heavy (non-hydrogen) atoms. The van der Waals surface area contributed by atoms with Crippen molar-refractivity contribution in [3.05, 3.63) is 96.2 Å². The SMILES string of the molecule is CC1(C)c2ccccc2-c2ccc(-c3cnn4c3ccc3ccccc34)cc21. The maximum atomic E-state index is 4.71. The smallest absolute Gasteiger partial charge is 0.0747 e. The zero-order chi connectivity index (χ0) is 18.9. The molecule has 0 spiro atoms. The van der Waals surface area contributed by atoms with Crippen LogP contribution in [0.15, 0.2) is 85.1 Å². The van der Waals surface area contributed by atoms with Gasteiger partial charge in [0.25, 0.3) is 0 Å². The van der Waals surface area contributed by atoms with E-state index < -0.39 is 0 Å². The van der Waals surface area contributed by atoms with Gasteiger partial charge in [-0.3, -0.25) is 0 Å². The van der Waals surface area contributed by atoms with Gasteiger partial charge in [-0.05, 0) is 46.0 Å². The van der Waals surface area contributed by atoms with Crippen molar-refractivity contribution in [2.45, 2.75) is 19.3 Å². The van der Waals surface area contributed by atoms with E-state index in [0.29, 0.717) is 0 Å². The number of aromatic nitrogens is 2. The van der Waals surface area contributed by atoms with Crippen molar-refractivity contribution in [2.24, 2.45) is 0 Å². The summed E-state index contributed by atoms with van der Waals surface area (Å²) in [4.78, 5) is 0. The molecule has 0 bridgehead atoms. The Kier molecular flexibility index (Phi) is 2.98. The highest BCUT2D eigenvalue weighted by atomic mass is 15.2. The summed E-state index contributed by atoms with van der Waals surface area (Å²) in [7, 11) is 0. The summed E-state index contributed by atoms with van der Waals surface area (Å²) in [6, 6.07) is 28.4. The van der Waals surface area contributed by atoms with E-state index in [1.54, 1.807) is 0 Å². The molecule has 5 aromatic rings. The normalized spacial score (nSPS) is 14.4. The first kappa shape index (κ1) is 15.6. The van der Waals surface area contributed by atoms with Crippen molar-refractivity contribution >= 4 is 16.4 Å². The monoisotopic (exact) mass is 360 g/mol. The van der Waals surface area contributed by atoms with Crippen LogP contribution >= 0.6 is 0 Å². The van der Waals surface area contributed by atoms with Crippen molar-refractivity contribution in [3.8, 4) is 22.3 Å². The van der Waals surface area contributed by atoms with E-state index in [4.69, 9.17) is 5.10 Å². The van der Waals surface area contributed by atoms with Crippen LogP contribution in [-0.4, -0.2) is 9.61 Å². The third-order valence-electron chi connectivity index (χ3n) is 6.29. The third kappa shape index (κ3) is 1.95. The fourth-order valence-electron chi connectivity index (χ4n) is 4.79. The number of hydrogen-bond acceptors (Lipinski definition) is 1. The minimum absolute atomic E-state index is 0.0115. The molecule has 2 aromatic heterocycles. The van der Waals surface area contributed by atoms with E-state index in [-0.39, 0.29) is 5.41 Å². The van der Waals surface area contributed by atoms with Crippen LogP contribution in [0.4, 0.5) is 0 Å². The predicted octanol–water partition coefficient (Wildman–Crippen LogP) is 6.46. The van der Waals surface area contributed by atoms with Crippen molar-refractivity contribution in [1.29, 1.82) is 0 Å². The first-order chi connectivity index (χ1) is 13.6. The second-order valence-electron chi connectivity index (χ2n) is 8.18. The molecule has 1 aliphatic carbocycles. The number of para-hydroxylation sites is 1. The maximum Gasteiger partial charge on any atom is 0.0747 e. The van der Waals surface area contributed by atoms with Gasteiger partial charge in [0.2, 0.25) is 0 Å². The van der Waals surface area contributed by atoms with E-state index in [1.807, 2.05) is 6.20 Å². The Morgan fingerprint density at radius 3 is 2.39 bits per heavy atom. The van der Waals surface area contributed by atoms with Crippen LogP contribution in [-0.2, 0) is 5.41 Å². The lowest BCUT2D eigenvalue weighted by molar-refractivity contribution is 0.660. The molecule has 0 amide bonds. The lowest BCUT2D eigenvalue weighted by Gasteiger charge is -2.21. The van der Waals surface area contributed by atoms with Crippen molar-refractivity contribution in [3.63, 3.8) is 0 Å². The van der Waals surface area contributed by atoms with Crippen molar-refractivity contribution in [1.82, 2.24) is 9.61 Å². The van der Waals surface area contributed by atoms with Crippen LogP contribution in [0.25, 0.3) is 38.7 Å². The van der Waals surface area contributed by atoms with Crippen LogP contribution in [0.2, 0.25) is 0 Å². The fraction of sp³-hybridized carbons (Fsp3) is 0.115. The summed E-state index contributed by atoms with van der Waals surface area (Å²) in [6.07, 6.45) is 2.00. The minimum Gasteiger partial charge on any atom is -0.232 e. The molecule has 0 saturated carbocycles. The topological polar surface area (TPSA) is 17.3 Å². The second kappa shape index (κ2) is 5.32. The van der Waals surface area contributed by atoms with Crippen molar-refractivity contribution in [2.75, 3.05) is 0 Å². The molecule has 0 radical (unpaired) electrons. The van der Waals surface area contributed by atoms with Crippen LogP contribution in [0.3, 0.4) is 0 Å². The highest BCUT2D eigenvalue weighted by molar-refractivity contribution is 5.90. The second-order valence-corrected chi connectivity index (χ2v) is 8.18. The van der Waals surface area contributed by atoms with E-state index in [9.17, 15) is 0 Å².